The second kappa shape index (κ2) is 41.4. The largest absolute Gasteiger partial charge is 0.481 e. The Hall–Kier alpha value is -1.80. The second-order valence-electron chi connectivity index (χ2n) is 9.70. The Morgan fingerprint density at radius 2 is 0.708 bits per heavy atom. The van der Waals surface area contributed by atoms with Crippen molar-refractivity contribution >= 4 is 11.9 Å². The maximum absolute atomic E-state index is 11.4. The van der Waals surface area contributed by atoms with Crippen molar-refractivity contribution in [1.82, 2.24) is 5.32 Å². The lowest BCUT2D eigenvalue weighted by Crippen LogP contribution is -2.25. The van der Waals surface area contributed by atoms with E-state index in [1.54, 1.807) is 6.08 Å². The molecule has 0 fully saturated rings. The molecule has 0 spiro atoms. The molecular formula is C32H61NO15. The summed E-state index contributed by atoms with van der Waals surface area (Å²) in [6.07, 6.45) is 2.18. The lowest BCUT2D eigenvalue weighted by atomic mass is 10.3. The molecule has 284 valence electrons. The number of aliphatic carboxylic acids is 1. The molecule has 0 radical (unpaired) electrons. The van der Waals surface area contributed by atoms with Gasteiger partial charge in [0.25, 0.3) is 0 Å². The molecule has 1 amide bonds. The van der Waals surface area contributed by atoms with Crippen LogP contribution in [0.25, 0.3) is 0 Å². The number of amides is 1. The monoisotopic (exact) mass is 699 g/mol. The summed E-state index contributed by atoms with van der Waals surface area (Å²) < 4.78 is 65.0. The molecule has 2 N–H and O–H groups in total. The van der Waals surface area contributed by atoms with Gasteiger partial charge in [0.2, 0.25) is 5.91 Å². The highest BCUT2D eigenvalue weighted by molar-refractivity contribution is 5.80. The van der Waals surface area contributed by atoms with E-state index in [0.29, 0.717) is 172 Å². The Morgan fingerprint density at radius 3 is 0.979 bits per heavy atom. The number of carbonyl (C=O) groups is 2. The number of carboxylic acids is 1. The fourth-order valence-electron chi connectivity index (χ4n) is 3.30. The van der Waals surface area contributed by atoms with Gasteiger partial charge in [-0.3, -0.25) is 9.59 Å². The van der Waals surface area contributed by atoms with Gasteiger partial charge in [0.1, 0.15) is 0 Å². The van der Waals surface area contributed by atoms with Crippen LogP contribution < -0.4 is 5.32 Å². The van der Waals surface area contributed by atoms with Gasteiger partial charge in [-0.05, 0) is 6.42 Å². The molecule has 48 heavy (non-hydrogen) atoms. The van der Waals surface area contributed by atoms with Gasteiger partial charge in [0, 0.05) is 19.6 Å². The van der Waals surface area contributed by atoms with Crippen LogP contribution in [0.4, 0.5) is 0 Å². The molecular weight excluding hydrogens is 638 g/mol. The highest BCUT2D eigenvalue weighted by Crippen LogP contribution is 1.90. The van der Waals surface area contributed by atoms with E-state index in [2.05, 4.69) is 11.9 Å². The average Bonchev–Trinajstić information content (AvgIpc) is 3.08. The van der Waals surface area contributed by atoms with Crippen LogP contribution in [0.2, 0.25) is 0 Å². The normalized spacial score (nSPS) is 11.2. The zero-order valence-electron chi connectivity index (χ0n) is 28.7. The average molecular weight is 700 g/mol. The quantitative estimate of drug-likeness (QED) is 0.0673. The molecule has 0 rings (SSSR count). The Labute approximate surface area is 285 Å². The minimum absolute atomic E-state index is 0.0109. The van der Waals surface area contributed by atoms with Gasteiger partial charge in [0.15, 0.2) is 0 Å². The number of carbonyl (C=O) groups excluding carboxylic acids is 1. The molecule has 16 nitrogen and oxygen atoms in total. The van der Waals surface area contributed by atoms with Crippen molar-refractivity contribution in [3.63, 3.8) is 0 Å². The standard InChI is InChI=1S/C32H61NO15/c1-2-7-37-9-11-39-13-15-41-17-19-43-21-23-45-25-27-47-29-30-48-28-26-46-24-22-44-20-18-42-16-14-40-12-10-38-8-3-6-33-31(34)4-5-32(35)36/h2H,1,3-30H2,(H,33,34)(H,35,36). The predicted molar refractivity (Wildman–Crippen MR) is 175 cm³/mol. The van der Waals surface area contributed by atoms with E-state index in [4.69, 9.17) is 61.9 Å². The molecule has 0 saturated carbocycles. The van der Waals surface area contributed by atoms with Crippen molar-refractivity contribution in [3.05, 3.63) is 12.7 Å². The predicted octanol–water partition coefficient (Wildman–Crippen LogP) is 0.743. The SMILES string of the molecule is C=CCOCCOCCOCCOCCOCCOCCOCCOCCOCCOCCOCCOCCCNC(=O)CCC(=O)O. The van der Waals surface area contributed by atoms with Crippen LogP contribution in [0.15, 0.2) is 12.7 Å². The van der Waals surface area contributed by atoms with Gasteiger partial charge >= 0.3 is 5.97 Å². The van der Waals surface area contributed by atoms with E-state index in [1.807, 2.05) is 0 Å². The van der Waals surface area contributed by atoms with Crippen LogP contribution in [0.3, 0.4) is 0 Å². The summed E-state index contributed by atoms with van der Waals surface area (Å²) in [5.74, 6) is -1.25. The van der Waals surface area contributed by atoms with Crippen molar-refractivity contribution in [2.24, 2.45) is 0 Å². The highest BCUT2D eigenvalue weighted by Gasteiger charge is 2.04. The molecule has 0 atom stereocenters. The van der Waals surface area contributed by atoms with Gasteiger partial charge in [-0.2, -0.15) is 0 Å². The highest BCUT2D eigenvalue weighted by atomic mass is 16.6. The molecule has 0 aromatic rings. The molecule has 0 unspecified atom stereocenters. The van der Waals surface area contributed by atoms with Gasteiger partial charge < -0.3 is 67.3 Å². The molecule has 16 heteroatoms. The number of ether oxygens (including phenoxy) is 12. The van der Waals surface area contributed by atoms with Gasteiger partial charge in [0.05, 0.1) is 158 Å². The Bertz CT molecular complexity index is 690. The summed E-state index contributed by atoms with van der Waals surface area (Å²) in [7, 11) is 0. The van der Waals surface area contributed by atoms with Crippen LogP contribution in [0, 0.1) is 0 Å². The number of carboxylic acid groups (broad SMARTS) is 1. The van der Waals surface area contributed by atoms with Crippen LogP contribution >= 0.6 is 0 Å². The summed E-state index contributed by atoms with van der Waals surface area (Å²) in [6.45, 7) is 15.9. The van der Waals surface area contributed by atoms with Crippen LogP contribution in [-0.4, -0.2) is 182 Å². The van der Waals surface area contributed by atoms with Gasteiger partial charge in [-0.1, -0.05) is 6.08 Å². The summed E-state index contributed by atoms with van der Waals surface area (Å²) >= 11 is 0. The maximum atomic E-state index is 11.4. The second-order valence-corrected chi connectivity index (χ2v) is 9.70. The Kier molecular flexibility index (Phi) is 39.8. The number of rotatable bonds is 42. The third kappa shape index (κ3) is 42.2. The lowest BCUT2D eigenvalue weighted by Gasteiger charge is -2.09. The van der Waals surface area contributed by atoms with Crippen molar-refractivity contribution in [3.8, 4) is 0 Å². The Morgan fingerprint density at radius 1 is 0.438 bits per heavy atom. The fraction of sp³-hybridized carbons (Fsp3) is 0.875. The molecule has 0 aliphatic carbocycles. The maximum Gasteiger partial charge on any atom is 0.303 e. The summed E-state index contributed by atoms with van der Waals surface area (Å²) in [5.41, 5.74) is 0. The van der Waals surface area contributed by atoms with Crippen molar-refractivity contribution < 1.29 is 71.5 Å². The van der Waals surface area contributed by atoms with E-state index < -0.39 is 5.97 Å². The molecule has 0 aliphatic heterocycles. The molecule has 0 aliphatic rings. The van der Waals surface area contributed by atoms with E-state index in [1.165, 1.54) is 0 Å². The van der Waals surface area contributed by atoms with Crippen molar-refractivity contribution in [2.45, 2.75) is 19.3 Å². The van der Waals surface area contributed by atoms with E-state index in [0.717, 1.165) is 0 Å². The first kappa shape index (κ1) is 46.2. The van der Waals surface area contributed by atoms with Crippen molar-refractivity contribution in [1.29, 1.82) is 0 Å². The van der Waals surface area contributed by atoms with E-state index in [-0.39, 0.29) is 18.7 Å². The first-order valence-corrected chi connectivity index (χ1v) is 16.7. The topological polar surface area (TPSA) is 177 Å². The van der Waals surface area contributed by atoms with Crippen LogP contribution in [-0.2, 0) is 66.4 Å². The molecule has 0 aromatic heterocycles. The molecule has 0 aromatic carbocycles. The number of nitrogens with one attached hydrogen (secondary N) is 1. The summed E-state index contributed by atoms with van der Waals surface area (Å²) in [4.78, 5) is 21.8. The molecule has 0 saturated heterocycles. The molecule has 0 bridgehead atoms. The number of hydrogen-bond acceptors (Lipinski definition) is 14. The fourth-order valence-corrected chi connectivity index (χ4v) is 3.30. The number of hydrogen-bond donors (Lipinski definition) is 2. The van der Waals surface area contributed by atoms with Crippen molar-refractivity contribution in [2.75, 3.05) is 165 Å². The minimum Gasteiger partial charge on any atom is -0.481 e. The van der Waals surface area contributed by atoms with Gasteiger partial charge in [-0.15, -0.1) is 6.58 Å². The third-order valence-electron chi connectivity index (χ3n) is 5.68. The zero-order chi connectivity index (χ0) is 34.9. The van der Waals surface area contributed by atoms with E-state index in [9.17, 15) is 9.59 Å². The first-order valence-electron chi connectivity index (χ1n) is 16.7. The van der Waals surface area contributed by atoms with Crippen LogP contribution in [0.1, 0.15) is 19.3 Å². The van der Waals surface area contributed by atoms with Crippen LogP contribution in [0.5, 0.6) is 0 Å². The van der Waals surface area contributed by atoms with E-state index >= 15 is 0 Å². The van der Waals surface area contributed by atoms with Gasteiger partial charge in [-0.25, -0.2) is 0 Å². The molecule has 0 heterocycles. The zero-order valence-corrected chi connectivity index (χ0v) is 28.7. The summed E-state index contributed by atoms with van der Waals surface area (Å²) in [5, 5.41) is 11.2. The summed E-state index contributed by atoms with van der Waals surface area (Å²) in [6, 6.07) is 0. The Balaban J connectivity index is 3.08. The first-order chi connectivity index (χ1) is 23.7. The minimum atomic E-state index is -0.983. The third-order valence-corrected chi connectivity index (χ3v) is 5.68. The smallest absolute Gasteiger partial charge is 0.303 e. The lowest BCUT2D eigenvalue weighted by molar-refractivity contribution is -0.138.